The van der Waals surface area contributed by atoms with Gasteiger partial charge in [-0.2, -0.15) is 0 Å². The first kappa shape index (κ1) is 21.9. The molecule has 6 nitrogen and oxygen atoms in total. The first-order chi connectivity index (χ1) is 15.1. The molecule has 6 heteroatoms. The molecule has 2 amide bonds. The smallest absolute Gasteiger partial charge is 0.276 e. The Morgan fingerprint density at radius 1 is 0.774 bits per heavy atom. The van der Waals surface area contributed by atoms with Gasteiger partial charge in [-0.05, 0) is 47.9 Å². The lowest BCUT2D eigenvalue weighted by Gasteiger charge is -2.10. The molecule has 0 bridgehead atoms. The summed E-state index contributed by atoms with van der Waals surface area (Å²) in [5, 5.41) is 0. The largest absolute Gasteiger partial charge is 0.493 e. The molecule has 0 radical (unpaired) electrons. The second-order valence-corrected chi connectivity index (χ2v) is 6.90. The molecule has 0 fully saturated rings. The minimum absolute atomic E-state index is 0.200. The normalized spacial score (nSPS) is 10.2. The molecule has 0 aliphatic carbocycles. The zero-order valence-electron chi connectivity index (χ0n) is 17.5. The Bertz CT molecular complexity index is 988. The lowest BCUT2D eigenvalue weighted by molar-refractivity contribution is -0.123. The average Bonchev–Trinajstić information content (AvgIpc) is 2.82. The number of amides is 2. The van der Waals surface area contributed by atoms with Crippen molar-refractivity contribution >= 4 is 11.8 Å². The zero-order chi connectivity index (χ0) is 21.9. The maximum absolute atomic E-state index is 12.3. The van der Waals surface area contributed by atoms with Gasteiger partial charge in [-0.25, -0.2) is 0 Å². The van der Waals surface area contributed by atoms with Crippen molar-refractivity contribution in [3.8, 4) is 11.5 Å². The van der Waals surface area contributed by atoms with Crippen LogP contribution in [0.5, 0.6) is 11.5 Å². The second-order valence-electron chi connectivity index (χ2n) is 6.90. The molecule has 160 valence electrons. The van der Waals surface area contributed by atoms with Crippen molar-refractivity contribution in [3.05, 3.63) is 95.6 Å². The fourth-order valence-corrected chi connectivity index (χ4v) is 2.86. The van der Waals surface area contributed by atoms with Crippen LogP contribution in [-0.4, -0.2) is 25.0 Å². The van der Waals surface area contributed by atoms with Crippen LogP contribution in [0.1, 0.15) is 28.4 Å². The molecule has 3 rings (SSSR count). The Morgan fingerprint density at radius 2 is 1.55 bits per heavy atom. The predicted molar refractivity (Wildman–Crippen MR) is 119 cm³/mol. The molecule has 0 aliphatic rings. The molecule has 3 aromatic carbocycles. The van der Waals surface area contributed by atoms with Gasteiger partial charge in [0, 0.05) is 12.0 Å². The summed E-state index contributed by atoms with van der Waals surface area (Å²) in [4.78, 5) is 24.3. The summed E-state index contributed by atoms with van der Waals surface area (Å²) in [6, 6.07) is 24.4. The van der Waals surface area contributed by atoms with E-state index in [1.807, 2.05) is 54.6 Å². The third kappa shape index (κ3) is 7.19. The maximum Gasteiger partial charge on any atom is 0.276 e. The van der Waals surface area contributed by atoms with Crippen LogP contribution in [0.4, 0.5) is 0 Å². The molecule has 0 unspecified atom stereocenters. The average molecular weight is 418 g/mol. The fourth-order valence-electron chi connectivity index (χ4n) is 2.86. The Balaban J connectivity index is 1.42. The van der Waals surface area contributed by atoms with Gasteiger partial charge in [-0.15, -0.1) is 0 Å². The number of hydrogen-bond donors (Lipinski definition) is 2. The van der Waals surface area contributed by atoms with E-state index in [1.54, 1.807) is 24.3 Å². The first-order valence-corrected chi connectivity index (χ1v) is 10.2. The molecule has 0 spiro atoms. The van der Waals surface area contributed by atoms with Crippen LogP contribution < -0.4 is 20.3 Å². The topological polar surface area (TPSA) is 76.7 Å². The van der Waals surface area contributed by atoms with E-state index in [4.69, 9.17) is 9.47 Å². The standard InChI is InChI=1S/C25H26N2O4/c1-2-19-11-13-22(14-12-19)31-18-24(28)26-27-25(29)21-9-6-10-23(17-21)30-16-15-20-7-4-3-5-8-20/h3-14,17H,2,15-16,18H2,1H3,(H,26,28)(H,27,29). The van der Waals surface area contributed by atoms with E-state index in [9.17, 15) is 9.59 Å². The van der Waals surface area contributed by atoms with Gasteiger partial charge in [-0.1, -0.05) is 55.5 Å². The number of ether oxygens (including phenoxy) is 2. The molecule has 0 aromatic heterocycles. The quantitative estimate of drug-likeness (QED) is 0.520. The molecule has 0 aliphatic heterocycles. The van der Waals surface area contributed by atoms with E-state index in [0.717, 1.165) is 12.8 Å². The third-order valence-corrected chi connectivity index (χ3v) is 4.62. The fraction of sp³-hybridized carbons (Fsp3) is 0.200. The third-order valence-electron chi connectivity index (χ3n) is 4.62. The number of benzene rings is 3. The van der Waals surface area contributed by atoms with Crippen LogP contribution in [0.15, 0.2) is 78.9 Å². The summed E-state index contributed by atoms with van der Waals surface area (Å²) in [6.07, 6.45) is 1.71. The van der Waals surface area contributed by atoms with Gasteiger partial charge in [0.2, 0.25) is 0 Å². The molecule has 3 aromatic rings. The van der Waals surface area contributed by atoms with Crippen LogP contribution in [0.2, 0.25) is 0 Å². The highest BCUT2D eigenvalue weighted by molar-refractivity contribution is 5.95. The highest BCUT2D eigenvalue weighted by atomic mass is 16.5. The Labute approximate surface area is 182 Å². The molecule has 2 N–H and O–H groups in total. The summed E-state index contributed by atoms with van der Waals surface area (Å²) in [6.45, 7) is 2.37. The minimum atomic E-state index is -0.455. The lowest BCUT2D eigenvalue weighted by atomic mass is 10.2. The molecular weight excluding hydrogens is 392 g/mol. The van der Waals surface area contributed by atoms with Crippen molar-refractivity contribution in [3.63, 3.8) is 0 Å². The van der Waals surface area contributed by atoms with Crippen LogP contribution in [0.25, 0.3) is 0 Å². The van der Waals surface area contributed by atoms with Gasteiger partial charge in [0.25, 0.3) is 11.8 Å². The number of nitrogens with one attached hydrogen (secondary N) is 2. The summed E-state index contributed by atoms with van der Waals surface area (Å²) in [5.41, 5.74) is 7.50. The number of carbonyl (C=O) groups excluding carboxylic acids is 2. The monoisotopic (exact) mass is 418 g/mol. The van der Waals surface area contributed by atoms with Crippen molar-refractivity contribution in [2.75, 3.05) is 13.2 Å². The Morgan fingerprint density at radius 3 is 2.29 bits per heavy atom. The van der Waals surface area contributed by atoms with E-state index in [-0.39, 0.29) is 6.61 Å². The molecule has 0 heterocycles. The first-order valence-electron chi connectivity index (χ1n) is 10.2. The molecule has 0 saturated carbocycles. The van der Waals surface area contributed by atoms with E-state index < -0.39 is 11.8 Å². The van der Waals surface area contributed by atoms with Crippen molar-refractivity contribution in [2.45, 2.75) is 19.8 Å². The summed E-state index contributed by atoms with van der Waals surface area (Å²) < 4.78 is 11.2. The highest BCUT2D eigenvalue weighted by Gasteiger charge is 2.09. The zero-order valence-corrected chi connectivity index (χ0v) is 17.5. The summed E-state index contributed by atoms with van der Waals surface area (Å²) in [5.74, 6) is 0.296. The second kappa shape index (κ2) is 11.4. The molecule has 31 heavy (non-hydrogen) atoms. The number of aryl methyl sites for hydroxylation is 1. The minimum Gasteiger partial charge on any atom is -0.493 e. The van der Waals surface area contributed by atoms with Crippen LogP contribution in [0, 0.1) is 0 Å². The van der Waals surface area contributed by atoms with Gasteiger partial charge in [0.1, 0.15) is 11.5 Å². The van der Waals surface area contributed by atoms with Crippen LogP contribution in [-0.2, 0) is 17.6 Å². The van der Waals surface area contributed by atoms with E-state index in [1.165, 1.54) is 11.1 Å². The highest BCUT2D eigenvalue weighted by Crippen LogP contribution is 2.14. The number of hydrazine groups is 1. The van der Waals surface area contributed by atoms with Crippen molar-refractivity contribution in [1.29, 1.82) is 0 Å². The maximum atomic E-state index is 12.3. The Hall–Kier alpha value is -3.80. The van der Waals surface area contributed by atoms with Gasteiger partial charge < -0.3 is 9.47 Å². The van der Waals surface area contributed by atoms with E-state index in [0.29, 0.717) is 23.7 Å². The van der Waals surface area contributed by atoms with Crippen LogP contribution >= 0.6 is 0 Å². The van der Waals surface area contributed by atoms with Gasteiger partial charge >= 0.3 is 0 Å². The van der Waals surface area contributed by atoms with Crippen molar-refractivity contribution < 1.29 is 19.1 Å². The van der Waals surface area contributed by atoms with Crippen LogP contribution in [0.3, 0.4) is 0 Å². The SMILES string of the molecule is CCc1ccc(OCC(=O)NNC(=O)c2cccc(OCCc3ccccc3)c2)cc1. The molecule has 0 saturated heterocycles. The summed E-state index contributed by atoms with van der Waals surface area (Å²) >= 11 is 0. The molecular formula is C25H26N2O4. The molecule has 0 atom stereocenters. The van der Waals surface area contributed by atoms with Gasteiger partial charge in [0.15, 0.2) is 6.61 Å². The van der Waals surface area contributed by atoms with Gasteiger partial charge in [-0.3, -0.25) is 20.4 Å². The predicted octanol–water partition coefficient (Wildman–Crippen LogP) is 3.71. The van der Waals surface area contributed by atoms with Crippen molar-refractivity contribution in [1.82, 2.24) is 10.9 Å². The lowest BCUT2D eigenvalue weighted by Crippen LogP contribution is -2.43. The van der Waals surface area contributed by atoms with E-state index in [2.05, 4.69) is 17.8 Å². The van der Waals surface area contributed by atoms with E-state index >= 15 is 0 Å². The summed E-state index contributed by atoms with van der Waals surface area (Å²) in [7, 11) is 0. The number of carbonyl (C=O) groups is 2. The van der Waals surface area contributed by atoms with Gasteiger partial charge in [0.05, 0.1) is 6.61 Å². The number of rotatable bonds is 9. The number of hydrogen-bond acceptors (Lipinski definition) is 4. The Kier molecular flexibility index (Phi) is 8.05. The van der Waals surface area contributed by atoms with Crippen molar-refractivity contribution in [2.24, 2.45) is 0 Å².